The zero-order valence-electron chi connectivity index (χ0n) is 27.5. The van der Waals surface area contributed by atoms with Crippen LogP contribution in [-0.4, -0.2) is 73.3 Å². The number of benzene rings is 4. The normalized spacial score (nSPS) is 12.4. The lowest BCUT2D eigenvalue weighted by molar-refractivity contribution is 0.410. The summed E-state index contributed by atoms with van der Waals surface area (Å²) in [5, 5.41) is 19.1. The molecule has 0 aliphatic carbocycles. The van der Waals surface area contributed by atoms with Gasteiger partial charge in [-0.1, -0.05) is 30.3 Å². The van der Waals surface area contributed by atoms with Crippen LogP contribution in [0.3, 0.4) is 0 Å². The number of rotatable bonds is 15. The smallest absolute Gasteiger partial charge is 0.294 e. The van der Waals surface area contributed by atoms with Crippen LogP contribution in [0.15, 0.2) is 121 Å². The van der Waals surface area contributed by atoms with E-state index >= 15 is 0 Å². The molecule has 0 radical (unpaired) electrons. The summed E-state index contributed by atoms with van der Waals surface area (Å²) in [6, 6.07) is 22.5. The van der Waals surface area contributed by atoms with Crippen LogP contribution in [0.2, 0.25) is 0 Å². The first-order valence-electron chi connectivity index (χ1n) is 15.2. The van der Waals surface area contributed by atoms with Gasteiger partial charge in [-0.05, 0) is 60.2 Å². The summed E-state index contributed by atoms with van der Waals surface area (Å²) in [4.78, 5) is 12.8. The van der Waals surface area contributed by atoms with Gasteiger partial charge in [0.25, 0.3) is 30.4 Å². The molecule has 0 aliphatic rings. The summed E-state index contributed by atoms with van der Waals surface area (Å²) < 4.78 is 102. The molecule has 276 valence electrons. The zero-order valence-corrected chi connectivity index (χ0v) is 30.0. The first kappa shape index (κ1) is 38.6. The molecule has 53 heavy (non-hydrogen) atoms. The number of azo groups is 2. The van der Waals surface area contributed by atoms with Gasteiger partial charge in [-0.15, -0.1) is 0 Å². The number of hydrogen-bond acceptors (Lipinski definition) is 15. The summed E-state index contributed by atoms with van der Waals surface area (Å²) in [5.41, 5.74) is 2.66. The molecule has 1 heterocycles. The van der Waals surface area contributed by atoms with Crippen molar-refractivity contribution in [3.8, 4) is 5.75 Å². The molecule has 21 heteroatoms. The maximum Gasteiger partial charge on any atom is 0.294 e. The monoisotopic (exact) mass is 782 g/mol. The first-order valence-corrected chi connectivity index (χ1v) is 19.7. The highest BCUT2D eigenvalue weighted by Gasteiger charge is 2.14. The predicted octanol–water partition coefficient (Wildman–Crippen LogP) is 5.69. The largest absolute Gasteiger partial charge is 0.496 e. The number of methoxy groups -OCH3 is 1. The fraction of sp³-hybridized carbons (Fsp3) is 0.156. The Bertz CT molecular complexity index is 2520. The quantitative estimate of drug-likeness (QED) is 0.0734. The Labute approximate surface area is 304 Å². The van der Waals surface area contributed by atoms with Crippen molar-refractivity contribution >= 4 is 59.1 Å². The van der Waals surface area contributed by atoms with Crippen LogP contribution in [0, 0.1) is 0 Å². The van der Waals surface area contributed by atoms with E-state index in [0.29, 0.717) is 34.3 Å². The van der Waals surface area contributed by atoms with Gasteiger partial charge < -0.3 is 10.1 Å². The van der Waals surface area contributed by atoms with E-state index in [2.05, 4.69) is 40.7 Å². The molecule has 5 rings (SSSR count). The molecule has 5 aromatic rings. The highest BCUT2D eigenvalue weighted by Crippen LogP contribution is 2.29. The molecule has 0 atom stereocenters. The second kappa shape index (κ2) is 16.4. The van der Waals surface area contributed by atoms with Crippen LogP contribution >= 0.6 is 0 Å². The van der Waals surface area contributed by atoms with Gasteiger partial charge in [0.05, 0.1) is 45.4 Å². The lowest BCUT2D eigenvalue weighted by atomic mass is 10.1. The summed E-state index contributed by atoms with van der Waals surface area (Å²) in [6.07, 6.45) is 0.378. The van der Waals surface area contributed by atoms with Gasteiger partial charge in [-0.25, -0.2) is 4.98 Å². The lowest BCUT2D eigenvalue weighted by Gasteiger charge is -2.11. The minimum atomic E-state index is -4.42. The molecule has 0 saturated heterocycles. The third-order valence-electron chi connectivity index (χ3n) is 7.08. The van der Waals surface area contributed by atoms with Crippen molar-refractivity contribution < 1.29 is 43.6 Å². The summed E-state index contributed by atoms with van der Waals surface area (Å²) in [6.45, 7) is -0.176. The van der Waals surface area contributed by atoms with Gasteiger partial charge in [0.2, 0.25) is 5.95 Å². The Morgan fingerprint density at radius 1 is 0.623 bits per heavy atom. The standard InChI is InChI=1S/C32H30N8O10S3/c1-50-29-20-26(40-39-25-5-3-7-28(19-25)53(47,48)49)13-10-22(29)17-31-34-30(35-32(36-31)33-14-15-51(41,42)43)16-21-8-11-23(12-9-21)37-38-24-4-2-6-27(18-24)52(44,45)46/h2-13,18-20H,14-17H2,1H3,(H,41,42,43)(H,44,45,46)(H,47,48,49)(H,33,34,35,36). The van der Waals surface area contributed by atoms with E-state index in [1.54, 1.807) is 42.5 Å². The number of ether oxygens (including phenoxy) is 1. The third-order valence-corrected chi connectivity index (χ3v) is 9.50. The van der Waals surface area contributed by atoms with Gasteiger partial charge in [-0.2, -0.15) is 55.7 Å². The Kier molecular flexibility index (Phi) is 12.0. The maximum atomic E-state index is 11.4. The molecule has 0 aliphatic heterocycles. The molecule has 4 N–H and O–H groups in total. The van der Waals surface area contributed by atoms with E-state index in [9.17, 15) is 34.4 Å². The topological polar surface area (TPSA) is 272 Å². The Morgan fingerprint density at radius 2 is 1.13 bits per heavy atom. The van der Waals surface area contributed by atoms with E-state index < -0.39 is 36.1 Å². The van der Waals surface area contributed by atoms with Crippen molar-refractivity contribution in [1.82, 2.24) is 15.0 Å². The lowest BCUT2D eigenvalue weighted by Crippen LogP contribution is -2.17. The summed E-state index contributed by atoms with van der Waals surface area (Å²) in [7, 11) is -11.6. The molecule has 0 unspecified atom stereocenters. The van der Waals surface area contributed by atoms with Gasteiger partial charge in [0.15, 0.2) is 0 Å². The predicted molar refractivity (Wildman–Crippen MR) is 191 cm³/mol. The zero-order chi connectivity index (χ0) is 38.2. The van der Waals surface area contributed by atoms with Crippen molar-refractivity contribution in [2.24, 2.45) is 20.5 Å². The van der Waals surface area contributed by atoms with Gasteiger partial charge >= 0.3 is 0 Å². The van der Waals surface area contributed by atoms with E-state index in [1.807, 2.05) is 0 Å². The van der Waals surface area contributed by atoms with E-state index in [1.165, 1.54) is 55.6 Å². The third kappa shape index (κ3) is 11.7. The molecule has 1 aromatic heterocycles. The molecule has 0 fully saturated rings. The minimum absolute atomic E-state index is 0.0719. The SMILES string of the molecule is COc1cc(N=Nc2cccc(S(=O)(=O)O)c2)ccc1Cc1nc(Cc2ccc(N=Nc3cccc(S(=O)(=O)O)c3)cc2)nc(NCCS(=O)(=O)O)n1. The van der Waals surface area contributed by atoms with Crippen molar-refractivity contribution in [1.29, 1.82) is 0 Å². The van der Waals surface area contributed by atoms with E-state index in [4.69, 9.17) is 9.29 Å². The summed E-state index contributed by atoms with van der Waals surface area (Å²) in [5.74, 6) is 0.533. The molecule has 18 nitrogen and oxygen atoms in total. The van der Waals surface area contributed by atoms with E-state index in [0.717, 1.165) is 5.56 Å². The second-order valence-corrected chi connectivity index (χ2v) is 15.5. The number of nitrogens with one attached hydrogen (secondary N) is 1. The molecule has 0 spiro atoms. The molecule has 4 aromatic carbocycles. The van der Waals surface area contributed by atoms with Crippen LogP contribution in [0.4, 0.5) is 28.7 Å². The fourth-order valence-corrected chi connectivity index (χ4v) is 6.02. The van der Waals surface area contributed by atoms with E-state index in [-0.39, 0.29) is 46.5 Å². The number of aromatic nitrogens is 3. The van der Waals surface area contributed by atoms with Gasteiger partial charge in [0, 0.05) is 31.0 Å². The first-order chi connectivity index (χ1) is 25.0. The second-order valence-electron chi connectivity index (χ2n) is 11.1. The average molecular weight is 783 g/mol. The van der Waals surface area contributed by atoms with Crippen LogP contribution < -0.4 is 10.1 Å². The Morgan fingerprint density at radius 3 is 1.66 bits per heavy atom. The molecule has 0 saturated carbocycles. The highest BCUT2D eigenvalue weighted by atomic mass is 32.2. The molecular weight excluding hydrogens is 753 g/mol. The minimum Gasteiger partial charge on any atom is -0.496 e. The molecular formula is C32H30N8O10S3. The fourth-order valence-electron chi connectivity index (χ4n) is 4.62. The Hall–Kier alpha value is -5.58. The van der Waals surface area contributed by atoms with Crippen LogP contribution in [0.5, 0.6) is 5.75 Å². The number of hydrogen-bond donors (Lipinski definition) is 4. The average Bonchev–Trinajstić information content (AvgIpc) is 3.10. The summed E-state index contributed by atoms with van der Waals surface area (Å²) >= 11 is 0. The van der Waals surface area contributed by atoms with Gasteiger partial charge in [-0.3, -0.25) is 13.7 Å². The molecule has 0 amide bonds. The highest BCUT2D eigenvalue weighted by molar-refractivity contribution is 7.86. The van der Waals surface area contributed by atoms with Gasteiger partial charge in [0.1, 0.15) is 17.4 Å². The number of anilines is 1. The van der Waals surface area contributed by atoms with Crippen LogP contribution in [0.1, 0.15) is 22.8 Å². The van der Waals surface area contributed by atoms with Crippen molar-refractivity contribution in [3.05, 3.63) is 114 Å². The van der Waals surface area contributed by atoms with Crippen LogP contribution in [0.25, 0.3) is 0 Å². The number of nitrogens with zero attached hydrogens (tertiary/aromatic N) is 7. The van der Waals surface area contributed by atoms with Crippen molar-refractivity contribution in [3.63, 3.8) is 0 Å². The maximum absolute atomic E-state index is 11.4. The van der Waals surface area contributed by atoms with Crippen molar-refractivity contribution in [2.45, 2.75) is 22.6 Å². The van der Waals surface area contributed by atoms with Crippen LogP contribution in [-0.2, 0) is 43.2 Å². The van der Waals surface area contributed by atoms with Crippen molar-refractivity contribution in [2.75, 3.05) is 24.7 Å². The Balaban J connectivity index is 1.35. The molecule has 0 bridgehead atoms.